The second-order valence-corrected chi connectivity index (χ2v) is 11.9. The number of nitrogens with zero attached hydrogens (tertiary/aromatic N) is 2. The molecule has 0 bridgehead atoms. The van der Waals surface area contributed by atoms with Crippen LogP contribution in [0.1, 0.15) is 87.0 Å². The Morgan fingerprint density at radius 3 is 2.62 bits per heavy atom. The molecular weight excluding hydrogens is 525 g/mol. The first-order valence-corrected chi connectivity index (χ1v) is 15.8. The van der Waals surface area contributed by atoms with E-state index in [2.05, 4.69) is 65.4 Å². The number of aromatic nitrogens is 1. The molecule has 0 spiro atoms. The summed E-state index contributed by atoms with van der Waals surface area (Å²) >= 11 is 7.46. The Hall–Kier alpha value is -2.42. The molecule has 8 heteroatoms. The molecule has 6 nitrogen and oxygen atoms in total. The molecule has 0 aromatic carbocycles. The van der Waals surface area contributed by atoms with Crippen molar-refractivity contribution in [2.24, 2.45) is 0 Å². The number of hydrogen-bond acceptors (Lipinski definition) is 5. The van der Waals surface area contributed by atoms with E-state index in [1.807, 2.05) is 6.92 Å². The molecule has 0 fully saturated rings. The largest absolute Gasteiger partial charge is 0.462 e. The molecule has 3 heterocycles. The molecule has 212 valence electrons. The van der Waals surface area contributed by atoms with E-state index < -0.39 is 0 Å². The van der Waals surface area contributed by atoms with Crippen LogP contribution < -0.4 is 10.6 Å². The topological polar surface area (TPSA) is 58.5 Å². The zero-order valence-corrected chi connectivity index (χ0v) is 25.7. The van der Waals surface area contributed by atoms with Crippen LogP contribution in [0.3, 0.4) is 0 Å². The molecule has 2 N–H and O–H groups in total. The number of esters is 1. The number of allylic oxidation sites excluding steroid dienone is 1. The van der Waals surface area contributed by atoms with Gasteiger partial charge in [-0.3, -0.25) is 4.90 Å². The van der Waals surface area contributed by atoms with Gasteiger partial charge in [0.15, 0.2) is 5.11 Å². The van der Waals surface area contributed by atoms with Gasteiger partial charge in [-0.05, 0) is 106 Å². The number of hydrogen-bond donors (Lipinski definition) is 2. The molecule has 1 aliphatic carbocycles. The Morgan fingerprint density at radius 2 is 1.90 bits per heavy atom. The third-order valence-electron chi connectivity index (χ3n) is 7.89. The third-order valence-corrected chi connectivity index (χ3v) is 9.35. The first kappa shape index (κ1) is 29.6. The SMILES string of the molecule is CCCCC1=C(/C(CNC(=S)Nc2sc3c(c2C(=O)OCC)CCCC3)=C(\C)n2cccc2)CCN(CC)C1. The van der Waals surface area contributed by atoms with Crippen molar-refractivity contribution in [2.45, 2.75) is 79.1 Å². The van der Waals surface area contributed by atoms with Gasteiger partial charge in [-0.1, -0.05) is 25.8 Å². The van der Waals surface area contributed by atoms with Crippen molar-refractivity contribution in [1.82, 2.24) is 14.8 Å². The van der Waals surface area contributed by atoms with Crippen molar-refractivity contribution in [3.63, 3.8) is 0 Å². The summed E-state index contributed by atoms with van der Waals surface area (Å²) in [5.41, 5.74) is 7.40. The van der Waals surface area contributed by atoms with Crippen LogP contribution in [0.15, 0.2) is 41.2 Å². The number of thiophene rings is 1. The van der Waals surface area contributed by atoms with Gasteiger partial charge >= 0.3 is 5.97 Å². The maximum atomic E-state index is 12.9. The summed E-state index contributed by atoms with van der Waals surface area (Å²) in [4.78, 5) is 16.7. The van der Waals surface area contributed by atoms with Crippen molar-refractivity contribution in [2.75, 3.05) is 38.1 Å². The third kappa shape index (κ3) is 7.21. The van der Waals surface area contributed by atoms with Gasteiger partial charge in [0.05, 0.1) is 12.2 Å². The van der Waals surface area contributed by atoms with Crippen molar-refractivity contribution in [3.05, 3.63) is 57.2 Å². The number of likely N-dealkylation sites (N-methyl/N-ethyl adjacent to an activating group) is 1. The van der Waals surface area contributed by atoms with Crippen LogP contribution in [-0.2, 0) is 17.6 Å². The van der Waals surface area contributed by atoms with Crippen molar-refractivity contribution < 1.29 is 9.53 Å². The lowest BCUT2D eigenvalue weighted by molar-refractivity contribution is 0.0526. The molecule has 0 amide bonds. The van der Waals surface area contributed by atoms with Gasteiger partial charge in [-0.15, -0.1) is 11.3 Å². The van der Waals surface area contributed by atoms with E-state index in [-0.39, 0.29) is 5.97 Å². The molecule has 0 saturated carbocycles. The molecule has 4 rings (SSSR count). The second-order valence-electron chi connectivity index (χ2n) is 10.4. The molecule has 2 aromatic heterocycles. The van der Waals surface area contributed by atoms with E-state index in [0.717, 1.165) is 68.7 Å². The lowest BCUT2D eigenvalue weighted by atomic mass is 9.89. The summed E-state index contributed by atoms with van der Waals surface area (Å²) in [6.07, 6.45) is 13.0. The maximum absolute atomic E-state index is 12.9. The van der Waals surface area contributed by atoms with Gasteiger partial charge in [0.25, 0.3) is 0 Å². The lowest BCUT2D eigenvalue weighted by Gasteiger charge is -2.32. The van der Waals surface area contributed by atoms with Crippen molar-refractivity contribution >= 4 is 45.3 Å². The highest BCUT2D eigenvalue weighted by Gasteiger charge is 2.27. The van der Waals surface area contributed by atoms with Gasteiger partial charge in [-0.25, -0.2) is 4.79 Å². The highest BCUT2D eigenvalue weighted by Crippen LogP contribution is 2.38. The monoisotopic (exact) mass is 568 g/mol. The summed E-state index contributed by atoms with van der Waals surface area (Å²) in [6, 6.07) is 4.14. The highest BCUT2D eigenvalue weighted by atomic mass is 32.1. The van der Waals surface area contributed by atoms with Crippen molar-refractivity contribution in [1.29, 1.82) is 0 Å². The summed E-state index contributed by atoms with van der Waals surface area (Å²) in [6.45, 7) is 12.8. The van der Waals surface area contributed by atoms with Gasteiger partial charge in [0.1, 0.15) is 5.00 Å². The van der Waals surface area contributed by atoms with E-state index in [1.165, 1.54) is 34.6 Å². The average Bonchev–Trinajstić information content (AvgIpc) is 3.60. The quantitative estimate of drug-likeness (QED) is 0.224. The smallest absolute Gasteiger partial charge is 0.341 e. The van der Waals surface area contributed by atoms with Crippen LogP contribution in [0.5, 0.6) is 0 Å². The molecule has 2 aromatic rings. The first-order valence-electron chi connectivity index (χ1n) is 14.6. The van der Waals surface area contributed by atoms with E-state index in [9.17, 15) is 4.79 Å². The Labute approximate surface area is 243 Å². The fourth-order valence-electron chi connectivity index (χ4n) is 5.70. The number of thiocarbonyl (C=S) groups is 1. The van der Waals surface area contributed by atoms with Crippen molar-refractivity contribution in [3.8, 4) is 0 Å². The predicted molar refractivity (Wildman–Crippen MR) is 168 cm³/mol. The van der Waals surface area contributed by atoms with E-state index >= 15 is 0 Å². The van der Waals surface area contributed by atoms with Gasteiger partial charge in [-0.2, -0.15) is 0 Å². The Balaban J connectivity index is 1.59. The molecule has 0 unspecified atom stereocenters. The standard InChI is InChI=1S/C31H44N4O2S2/c1-5-8-13-23-21-34(6-2)19-16-24(23)26(22(4)35-17-11-12-18-35)20-32-31(38)33-29-28(30(36)37-7-3)25-14-9-10-15-27(25)39-29/h11-12,17-18H,5-10,13-16,19-21H2,1-4H3,(H2,32,33,38)/b26-22+. The Bertz CT molecular complexity index is 1210. The number of carbonyl (C=O) groups is 1. The van der Waals surface area contributed by atoms with Gasteiger partial charge in [0, 0.05) is 42.6 Å². The van der Waals surface area contributed by atoms with E-state index in [4.69, 9.17) is 17.0 Å². The highest BCUT2D eigenvalue weighted by molar-refractivity contribution is 7.80. The number of anilines is 1. The second kappa shape index (κ2) is 14.3. The summed E-state index contributed by atoms with van der Waals surface area (Å²) in [5, 5.41) is 8.24. The number of aryl methyl sites for hydroxylation is 1. The zero-order valence-electron chi connectivity index (χ0n) is 24.0. The predicted octanol–water partition coefficient (Wildman–Crippen LogP) is 7.04. The molecular formula is C31H44N4O2S2. The normalized spacial score (nSPS) is 16.5. The average molecular weight is 569 g/mol. The maximum Gasteiger partial charge on any atom is 0.341 e. The summed E-state index contributed by atoms with van der Waals surface area (Å²) in [5.74, 6) is -0.250. The number of carbonyl (C=O) groups excluding carboxylic acids is 1. The van der Waals surface area contributed by atoms with Crippen LogP contribution in [0, 0.1) is 0 Å². The number of ether oxygens (including phenoxy) is 1. The summed E-state index contributed by atoms with van der Waals surface area (Å²) in [7, 11) is 0. The van der Waals surface area contributed by atoms with Crippen LogP contribution in [0.25, 0.3) is 5.70 Å². The first-order chi connectivity index (χ1) is 19.0. The van der Waals surface area contributed by atoms with Crippen LogP contribution in [0.4, 0.5) is 5.00 Å². The molecule has 2 aliphatic rings. The van der Waals surface area contributed by atoms with E-state index in [1.54, 1.807) is 16.9 Å². The van der Waals surface area contributed by atoms with E-state index in [0.29, 0.717) is 23.8 Å². The Morgan fingerprint density at radius 1 is 1.13 bits per heavy atom. The minimum atomic E-state index is -0.250. The fraction of sp³-hybridized carbons (Fsp3) is 0.548. The van der Waals surface area contributed by atoms with Gasteiger partial charge < -0.3 is 19.9 Å². The summed E-state index contributed by atoms with van der Waals surface area (Å²) < 4.78 is 7.64. The van der Waals surface area contributed by atoms with Gasteiger partial charge in [0.2, 0.25) is 0 Å². The minimum Gasteiger partial charge on any atom is -0.462 e. The lowest BCUT2D eigenvalue weighted by Crippen LogP contribution is -2.35. The molecule has 39 heavy (non-hydrogen) atoms. The number of unbranched alkanes of at least 4 members (excludes halogenated alkanes) is 1. The zero-order chi connectivity index (χ0) is 27.8. The molecule has 0 saturated heterocycles. The Kier molecular flexibility index (Phi) is 10.8. The van der Waals surface area contributed by atoms with Crippen LogP contribution >= 0.6 is 23.6 Å². The number of nitrogens with one attached hydrogen (secondary N) is 2. The molecule has 0 atom stereocenters. The number of rotatable bonds is 11. The minimum absolute atomic E-state index is 0.250. The fourth-order valence-corrected chi connectivity index (χ4v) is 7.22. The molecule has 1 aliphatic heterocycles. The molecule has 0 radical (unpaired) electrons. The number of fused-ring (bicyclic) bond motifs is 1. The van der Waals surface area contributed by atoms with Crippen LogP contribution in [-0.4, -0.2) is 53.3 Å². The van der Waals surface area contributed by atoms with Crippen LogP contribution in [0.2, 0.25) is 0 Å².